The monoisotopic (exact) mass is 410 g/mol. The van der Waals surface area contributed by atoms with Crippen LogP contribution in [0.1, 0.15) is 74.8 Å². The van der Waals surface area contributed by atoms with Crippen molar-refractivity contribution in [3.8, 4) is 0 Å². The lowest BCUT2D eigenvalue weighted by Crippen LogP contribution is -2.38. The van der Waals surface area contributed by atoms with Crippen molar-refractivity contribution in [1.82, 2.24) is 0 Å². The molecule has 0 aliphatic heterocycles. The first-order valence-electron chi connectivity index (χ1n) is 10.8. The normalized spacial score (nSPS) is 15.5. The fourth-order valence-electron chi connectivity index (χ4n) is 4.65. The quantitative estimate of drug-likeness (QED) is 0.350. The van der Waals surface area contributed by atoms with Crippen LogP contribution >= 0.6 is 0 Å². The highest BCUT2D eigenvalue weighted by Gasteiger charge is 2.54. The number of hydrogen-bond acceptors (Lipinski definition) is 3. The average Bonchev–Trinajstić information content (AvgIpc) is 3.00. The van der Waals surface area contributed by atoms with Gasteiger partial charge in [-0.25, -0.2) is 0 Å². The molecule has 0 unspecified atom stereocenters. The van der Waals surface area contributed by atoms with Gasteiger partial charge in [-0.3, -0.25) is 14.4 Å². The molecule has 0 amide bonds. The lowest BCUT2D eigenvalue weighted by Gasteiger charge is -2.31. The molecule has 3 aromatic carbocycles. The molecule has 0 saturated heterocycles. The van der Waals surface area contributed by atoms with Crippen LogP contribution in [0.25, 0.3) is 0 Å². The molecule has 3 heteroatoms. The largest absolute Gasteiger partial charge is 0.294 e. The van der Waals surface area contributed by atoms with Crippen molar-refractivity contribution >= 4 is 17.3 Å². The summed E-state index contributed by atoms with van der Waals surface area (Å²) < 4.78 is 0. The fourth-order valence-corrected chi connectivity index (χ4v) is 4.65. The van der Waals surface area contributed by atoms with Gasteiger partial charge in [0.25, 0.3) is 0 Å². The summed E-state index contributed by atoms with van der Waals surface area (Å²) in [6.45, 7) is 3.82. The van der Waals surface area contributed by atoms with E-state index < -0.39 is 11.3 Å². The Morgan fingerprint density at radius 1 is 0.806 bits per heavy atom. The van der Waals surface area contributed by atoms with Gasteiger partial charge in [-0.15, -0.1) is 0 Å². The number of Topliss-reactive ketones (excluding diaryl/α,β-unsaturated/α-hetero) is 3. The fraction of sp³-hybridized carbons (Fsp3) is 0.250. The third-order valence-electron chi connectivity index (χ3n) is 6.46. The molecule has 0 aromatic heterocycles. The SMILES string of the molecule is CCCc1ccc(C(=O)C[C@@H](c2ccccc2)C2(C)C(=O)c3ccccc3C2=O)cc1. The highest BCUT2D eigenvalue weighted by Crippen LogP contribution is 2.48. The summed E-state index contributed by atoms with van der Waals surface area (Å²) in [5, 5.41) is 0. The highest BCUT2D eigenvalue weighted by molar-refractivity contribution is 6.30. The molecule has 0 radical (unpaired) electrons. The number of ketones is 3. The number of hydrogen-bond donors (Lipinski definition) is 0. The maximum Gasteiger partial charge on any atom is 0.177 e. The van der Waals surface area contributed by atoms with Gasteiger partial charge < -0.3 is 0 Å². The number of fused-ring (bicyclic) bond motifs is 1. The minimum Gasteiger partial charge on any atom is -0.294 e. The van der Waals surface area contributed by atoms with Crippen molar-refractivity contribution in [2.75, 3.05) is 0 Å². The zero-order valence-electron chi connectivity index (χ0n) is 17.9. The van der Waals surface area contributed by atoms with E-state index in [9.17, 15) is 14.4 Å². The van der Waals surface area contributed by atoms with Gasteiger partial charge in [-0.1, -0.05) is 92.2 Å². The molecular weight excluding hydrogens is 384 g/mol. The molecule has 1 aliphatic carbocycles. The van der Waals surface area contributed by atoms with Gasteiger partial charge in [0.15, 0.2) is 17.3 Å². The maximum atomic E-state index is 13.4. The number of rotatable bonds is 7. The van der Waals surface area contributed by atoms with Crippen molar-refractivity contribution in [2.45, 2.75) is 39.0 Å². The molecule has 1 atom stereocenters. The van der Waals surface area contributed by atoms with Crippen LogP contribution < -0.4 is 0 Å². The molecule has 156 valence electrons. The van der Waals surface area contributed by atoms with Crippen LogP contribution in [0.2, 0.25) is 0 Å². The first-order valence-corrected chi connectivity index (χ1v) is 10.8. The topological polar surface area (TPSA) is 51.2 Å². The molecule has 3 aromatic rings. The summed E-state index contributed by atoms with van der Waals surface area (Å²) in [5.41, 5.74) is 2.24. The molecule has 0 fully saturated rings. The summed E-state index contributed by atoms with van der Waals surface area (Å²) in [7, 11) is 0. The van der Waals surface area contributed by atoms with Crippen molar-refractivity contribution in [1.29, 1.82) is 0 Å². The van der Waals surface area contributed by atoms with Crippen molar-refractivity contribution < 1.29 is 14.4 Å². The van der Waals surface area contributed by atoms with Gasteiger partial charge >= 0.3 is 0 Å². The Kier molecular flexibility index (Phi) is 5.69. The molecule has 0 saturated carbocycles. The van der Waals surface area contributed by atoms with Gasteiger partial charge in [0, 0.05) is 29.0 Å². The van der Waals surface area contributed by atoms with Crippen molar-refractivity contribution in [2.24, 2.45) is 5.41 Å². The van der Waals surface area contributed by atoms with Crippen LogP contribution in [0, 0.1) is 5.41 Å². The average molecular weight is 411 g/mol. The molecule has 4 rings (SSSR count). The molecule has 0 N–H and O–H groups in total. The third kappa shape index (κ3) is 3.65. The van der Waals surface area contributed by atoms with Gasteiger partial charge in [0.05, 0.1) is 0 Å². The summed E-state index contributed by atoms with van der Waals surface area (Å²) in [5.74, 6) is -1.00. The number of carbonyl (C=O) groups excluding carboxylic acids is 3. The summed E-state index contributed by atoms with van der Waals surface area (Å²) in [6, 6.07) is 24.1. The zero-order valence-corrected chi connectivity index (χ0v) is 17.9. The summed E-state index contributed by atoms with van der Waals surface area (Å²) >= 11 is 0. The Bertz CT molecular complexity index is 1090. The zero-order chi connectivity index (χ0) is 22.0. The van der Waals surface area contributed by atoms with E-state index in [0.717, 1.165) is 18.4 Å². The lowest BCUT2D eigenvalue weighted by atomic mass is 9.67. The third-order valence-corrected chi connectivity index (χ3v) is 6.46. The maximum absolute atomic E-state index is 13.4. The summed E-state index contributed by atoms with van der Waals surface area (Å²) in [4.78, 5) is 40.2. The number of aryl methyl sites for hydroxylation is 1. The summed E-state index contributed by atoms with van der Waals surface area (Å²) in [6.07, 6.45) is 2.12. The minimum atomic E-state index is -1.30. The molecule has 0 bridgehead atoms. The van der Waals surface area contributed by atoms with E-state index in [1.807, 2.05) is 54.6 Å². The Labute approximate surface area is 183 Å². The van der Waals surface area contributed by atoms with Crippen LogP contribution in [0.15, 0.2) is 78.9 Å². The Balaban J connectivity index is 1.72. The lowest BCUT2D eigenvalue weighted by molar-refractivity contribution is 0.0665. The minimum absolute atomic E-state index is 0.0605. The van der Waals surface area contributed by atoms with Crippen LogP contribution in [0.4, 0.5) is 0 Å². The second-order valence-corrected chi connectivity index (χ2v) is 8.44. The smallest absolute Gasteiger partial charge is 0.177 e. The van der Waals surface area contributed by atoms with Crippen molar-refractivity contribution in [3.05, 3.63) is 107 Å². The number of benzene rings is 3. The second-order valence-electron chi connectivity index (χ2n) is 8.44. The van der Waals surface area contributed by atoms with E-state index in [0.29, 0.717) is 16.7 Å². The van der Waals surface area contributed by atoms with Gasteiger partial charge in [-0.05, 0) is 24.5 Å². The van der Waals surface area contributed by atoms with Gasteiger partial charge in [0.1, 0.15) is 5.41 Å². The molecule has 1 aliphatic rings. The van der Waals surface area contributed by atoms with E-state index in [1.165, 1.54) is 5.56 Å². The van der Waals surface area contributed by atoms with Gasteiger partial charge in [-0.2, -0.15) is 0 Å². The molecule has 31 heavy (non-hydrogen) atoms. The Morgan fingerprint density at radius 3 is 1.90 bits per heavy atom. The first kappa shape index (κ1) is 20.9. The number of carbonyl (C=O) groups is 3. The first-order chi connectivity index (χ1) is 15.0. The molecule has 0 spiro atoms. The molecule has 3 nitrogen and oxygen atoms in total. The van der Waals surface area contributed by atoms with E-state index in [4.69, 9.17) is 0 Å². The van der Waals surface area contributed by atoms with E-state index in [1.54, 1.807) is 31.2 Å². The van der Waals surface area contributed by atoms with E-state index in [2.05, 4.69) is 6.92 Å². The Hall–Kier alpha value is -3.33. The molecule has 0 heterocycles. The highest BCUT2D eigenvalue weighted by atomic mass is 16.2. The van der Waals surface area contributed by atoms with E-state index in [-0.39, 0.29) is 23.8 Å². The second kappa shape index (κ2) is 8.43. The standard InChI is InChI=1S/C28H26O3/c1-3-9-19-14-16-21(17-15-19)25(29)18-24(20-10-5-4-6-11-20)28(2)26(30)22-12-7-8-13-23(22)27(28)31/h4-8,10-17,24H,3,9,18H2,1-2H3/t24-/m0/s1. The van der Waals surface area contributed by atoms with Gasteiger partial charge in [0.2, 0.25) is 0 Å². The van der Waals surface area contributed by atoms with Crippen LogP contribution in [0.3, 0.4) is 0 Å². The van der Waals surface area contributed by atoms with Crippen molar-refractivity contribution in [3.63, 3.8) is 0 Å². The van der Waals surface area contributed by atoms with Crippen LogP contribution in [-0.4, -0.2) is 17.3 Å². The predicted octanol–water partition coefficient (Wildman–Crippen LogP) is 6.08. The van der Waals surface area contributed by atoms with Crippen LogP contribution in [-0.2, 0) is 6.42 Å². The predicted molar refractivity (Wildman–Crippen MR) is 122 cm³/mol. The van der Waals surface area contributed by atoms with E-state index >= 15 is 0 Å². The van der Waals surface area contributed by atoms with Crippen LogP contribution in [0.5, 0.6) is 0 Å². The molecular formula is C28H26O3. The Morgan fingerprint density at radius 2 is 1.35 bits per heavy atom.